The Morgan fingerprint density at radius 3 is 1.50 bits per heavy atom. The van der Waals surface area contributed by atoms with Crippen molar-refractivity contribution in [1.82, 2.24) is 0 Å². The lowest BCUT2D eigenvalue weighted by Gasteiger charge is -1.90. The van der Waals surface area contributed by atoms with Crippen molar-refractivity contribution in [3.05, 3.63) is 35.8 Å². The van der Waals surface area contributed by atoms with Crippen LogP contribution in [0.3, 0.4) is 0 Å². The molecular formula is C12H16. The van der Waals surface area contributed by atoms with Crippen molar-refractivity contribution >= 4 is 0 Å². The van der Waals surface area contributed by atoms with Gasteiger partial charge in [-0.25, -0.2) is 0 Å². The van der Waals surface area contributed by atoms with Gasteiger partial charge in [0.05, 0.1) is 0 Å². The van der Waals surface area contributed by atoms with E-state index in [9.17, 15) is 0 Å². The van der Waals surface area contributed by atoms with Gasteiger partial charge >= 0.3 is 0 Å². The third-order valence-electron chi connectivity index (χ3n) is 1.87. The molecule has 1 rings (SSSR count). The zero-order chi connectivity index (χ0) is 8.49. The highest BCUT2D eigenvalue weighted by Crippen LogP contribution is 2.02. The normalized spacial score (nSPS) is 18.7. The smallest absolute Gasteiger partial charge is 0.0234 e. The first-order chi connectivity index (χ1) is 6.00. The van der Waals surface area contributed by atoms with E-state index < -0.39 is 0 Å². The van der Waals surface area contributed by atoms with Crippen LogP contribution in [0, 0.1) is 0 Å². The molecule has 0 fully saturated rings. The summed E-state index contributed by atoms with van der Waals surface area (Å²) < 4.78 is 0. The van der Waals surface area contributed by atoms with Crippen LogP contribution in [0.4, 0.5) is 0 Å². The van der Waals surface area contributed by atoms with Crippen LogP contribution in [0.2, 0.25) is 0 Å². The van der Waals surface area contributed by atoms with Crippen molar-refractivity contribution in [2.45, 2.75) is 38.5 Å². The van der Waals surface area contributed by atoms with Gasteiger partial charge in [0.15, 0.2) is 0 Å². The highest BCUT2D eigenvalue weighted by Gasteiger charge is 1.83. The van der Waals surface area contributed by atoms with Crippen LogP contribution in [-0.4, -0.2) is 0 Å². The second kappa shape index (κ2) is 6.73. The van der Waals surface area contributed by atoms with Crippen LogP contribution >= 0.6 is 0 Å². The molecule has 0 saturated heterocycles. The molecule has 0 aromatic carbocycles. The Hall–Kier alpha value is -0.960. The maximum absolute atomic E-state index is 3.20. The molecule has 64 valence electrons. The summed E-state index contributed by atoms with van der Waals surface area (Å²) in [5, 5.41) is 0. The van der Waals surface area contributed by atoms with Gasteiger partial charge in [0.1, 0.15) is 0 Å². The third kappa shape index (κ3) is 4.79. The van der Waals surface area contributed by atoms with E-state index >= 15 is 0 Å². The van der Waals surface area contributed by atoms with Crippen molar-refractivity contribution in [2.24, 2.45) is 0 Å². The summed E-state index contributed by atoms with van der Waals surface area (Å²) in [4.78, 5) is 0. The Labute approximate surface area is 75.0 Å². The predicted molar refractivity (Wildman–Crippen MR) is 53.0 cm³/mol. The van der Waals surface area contributed by atoms with E-state index in [1.165, 1.54) is 25.7 Å². The minimum Gasteiger partial charge on any atom is -0.130 e. The van der Waals surface area contributed by atoms with Crippen molar-refractivity contribution < 1.29 is 0 Å². The predicted octanol–water partition coefficient (Wildman–Crippen LogP) is 3.76. The van der Waals surface area contributed by atoms with E-state index in [1.807, 2.05) is 0 Å². The highest BCUT2D eigenvalue weighted by atomic mass is 13.9. The van der Waals surface area contributed by atoms with Gasteiger partial charge in [-0.15, -0.1) is 11.5 Å². The van der Waals surface area contributed by atoms with Gasteiger partial charge in [-0.2, -0.15) is 0 Å². The van der Waals surface area contributed by atoms with Crippen LogP contribution in [0.25, 0.3) is 0 Å². The largest absolute Gasteiger partial charge is 0.130 e. The Bertz CT molecular complexity index is 194. The van der Waals surface area contributed by atoms with Crippen LogP contribution < -0.4 is 0 Å². The molecule has 0 radical (unpaired) electrons. The van der Waals surface area contributed by atoms with Crippen LogP contribution in [0.15, 0.2) is 35.8 Å². The molecule has 0 atom stereocenters. The Morgan fingerprint density at radius 2 is 1.00 bits per heavy atom. The summed E-state index contributed by atoms with van der Waals surface area (Å²) in [6.07, 6.45) is 15.6. The molecule has 0 spiro atoms. The molecule has 0 aromatic heterocycles. The van der Waals surface area contributed by atoms with Gasteiger partial charge in [0.25, 0.3) is 0 Å². The van der Waals surface area contributed by atoms with Gasteiger partial charge in [-0.3, -0.25) is 0 Å². The minimum atomic E-state index is 1.09. The first-order valence-electron chi connectivity index (χ1n) is 4.79. The van der Waals surface area contributed by atoms with Gasteiger partial charge in [-0.1, -0.05) is 0 Å². The molecule has 0 nitrogen and oxygen atoms in total. The van der Waals surface area contributed by atoms with Crippen molar-refractivity contribution in [3.8, 4) is 0 Å². The molecule has 12 heavy (non-hydrogen) atoms. The molecule has 1 aliphatic carbocycles. The average molecular weight is 160 g/mol. The first kappa shape index (κ1) is 9.13. The van der Waals surface area contributed by atoms with E-state index in [-0.39, 0.29) is 0 Å². The third-order valence-corrected chi connectivity index (χ3v) is 1.87. The molecular weight excluding hydrogens is 144 g/mol. The number of allylic oxidation sites excluding steroid dienone is 2. The molecule has 0 unspecified atom stereocenters. The van der Waals surface area contributed by atoms with E-state index in [2.05, 4.69) is 35.8 Å². The van der Waals surface area contributed by atoms with Crippen molar-refractivity contribution in [3.63, 3.8) is 0 Å². The van der Waals surface area contributed by atoms with E-state index in [0.717, 1.165) is 12.8 Å². The maximum Gasteiger partial charge on any atom is -0.0234 e. The Kier molecular flexibility index (Phi) is 5.12. The number of hydrogen-bond donors (Lipinski definition) is 0. The second-order valence-corrected chi connectivity index (χ2v) is 3.01. The van der Waals surface area contributed by atoms with E-state index in [0.29, 0.717) is 0 Å². The van der Waals surface area contributed by atoms with Crippen molar-refractivity contribution in [2.75, 3.05) is 0 Å². The highest BCUT2D eigenvalue weighted by molar-refractivity contribution is 4.91. The lowest BCUT2D eigenvalue weighted by molar-refractivity contribution is 0.762. The van der Waals surface area contributed by atoms with E-state index in [1.54, 1.807) is 0 Å². The Balaban J connectivity index is 2.42. The molecule has 0 aliphatic heterocycles. The topological polar surface area (TPSA) is 0 Å². The summed E-state index contributed by atoms with van der Waals surface area (Å²) >= 11 is 0. The van der Waals surface area contributed by atoms with E-state index in [4.69, 9.17) is 0 Å². The lowest BCUT2D eigenvalue weighted by atomic mass is 10.2. The molecule has 0 amide bonds. The Morgan fingerprint density at radius 1 is 0.583 bits per heavy atom. The van der Waals surface area contributed by atoms with Gasteiger partial charge < -0.3 is 0 Å². The average Bonchev–Trinajstić information content (AvgIpc) is 2.05. The zero-order valence-corrected chi connectivity index (χ0v) is 7.55. The molecule has 0 bridgehead atoms. The zero-order valence-electron chi connectivity index (χ0n) is 7.55. The maximum atomic E-state index is 3.20. The lowest BCUT2D eigenvalue weighted by Crippen LogP contribution is -1.71. The van der Waals surface area contributed by atoms with Crippen molar-refractivity contribution in [1.29, 1.82) is 0 Å². The summed E-state index contributed by atoms with van der Waals surface area (Å²) in [6, 6.07) is 0. The fourth-order valence-corrected chi connectivity index (χ4v) is 1.16. The molecule has 0 heteroatoms. The SMILES string of the molecule is C1=CCCC=C=CCCCCC=1. The summed E-state index contributed by atoms with van der Waals surface area (Å²) in [5.41, 5.74) is 6.39. The fraction of sp³-hybridized carbons (Fsp3) is 0.500. The second-order valence-electron chi connectivity index (χ2n) is 3.01. The molecule has 1 aliphatic rings. The standard InChI is InChI=1S/C12H16/c1-2-4-6-8-10-12-11-9-7-5-3-1/h1,5-6,10H,2,4,7,9,11-12H2. The monoisotopic (exact) mass is 160 g/mol. The molecule has 0 aromatic rings. The van der Waals surface area contributed by atoms with Gasteiger partial charge in [0, 0.05) is 0 Å². The van der Waals surface area contributed by atoms with Crippen LogP contribution in [-0.2, 0) is 0 Å². The minimum absolute atomic E-state index is 1.09. The molecule has 0 saturated carbocycles. The van der Waals surface area contributed by atoms with Crippen LogP contribution in [0.1, 0.15) is 38.5 Å². The molecule has 0 heterocycles. The fourth-order valence-electron chi connectivity index (χ4n) is 1.16. The summed E-state index contributed by atoms with van der Waals surface area (Å²) in [5.74, 6) is 0. The first-order valence-corrected chi connectivity index (χ1v) is 4.79. The summed E-state index contributed by atoms with van der Waals surface area (Å²) in [7, 11) is 0. The quantitative estimate of drug-likeness (QED) is 0.473. The van der Waals surface area contributed by atoms with Gasteiger partial charge in [0.2, 0.25) is 0 Å². The van der Waals surface area contributed by atoms with Gasteiger partial charge in [-0.05, 0) is 62.8 Å². The summed E-state index contributed by atoms with van der Waals surface area (Å²) in [6.45, 7) is 0. The van der Waals surface area contributed by atoms with Crippen LogP contribution in [0.5, 0.6) is 0 Å². The number of rotatable bonds is 0. The number of hydrogen-bond acceptors (Lipinski definition) is 0. The molecule has 0 N–H and O–H groups in total.